The molecule has 2 N–H and O–H groups in total. The molecule has 1 fully saturated rings. The van der Waals surface area contributed by atoms with Crippen LogP contribution in [-0.2, 0) is 4.79 Å². The molecule has 2 amide bonds. The van der Waals surface area contributed by atoms with E-state index in [0.29, 0.717) is 29.5 Å². The molecule has 0 saturated carbocycles. The number of nitrogens with zero attached hydrogens (tertiary/aromatic N) is 2. The molecule has 31 heavy (non-hydrogen) atoms. The third-order valence-corrected chi connectivity index (χ3v) is 5.64. The minimum absolute atomic E-state index is 0.0515. The quantitative estimate of drug-likeness (QED) is 0.580. The van der Waals surface area contributed by atoms with E-state index in [9.17, 15) is 9.59 Å². The minimum Gasteiger partial charge on any atom is -0.497 e. The normalized spacial score (nSPS) is 17.1. The first-order valence-electron chi connectivity index (χ1n) is 11.0. The summed E-state index contributed by atoms with van der Waals surface area (Å²) >= 11 is 0. The zero-order chi connectivity index (χ0) is 23.0. The maximum absolute atomic E-state index is 12.8. The van der Waals surface area contributed by atoms with Crippen molar-refractivity contribution in [1.82, 2.24) is 20.4 Å². The first-order chi connectivity index (χ1) is 14.7. The van der Waals surface area contributed by atoms with Crippen LogP contribution in [0.15, 0.2) is 18.2 Å². The smallest absolute Gasteiger partial charge is 0.252 e. The van der Waals surface area contributed by atoms with Gasteiger partial charge >= 0.3 is 0 Å². The molecule has 0 bridgehead atoms. The predicted octanol–water partition coefficient (Wildman–Crippen LogP) is 1.46. The number of amides is 2. The Morgan fingerprint density at radius 3 is 2.10 bits per heavy atom. The highest BCUT2D eigenvalue weighted by molar-refractivity contribution is 5.98. The molecule has 174 valence electrons. The number of carbonyl (C=O) groups is 2. The van der Waals surface area contributed by atoms with E-state index in [4.69, 9.17) is 9.47 Å². The zero-order valence-electron chi connectivity index (χ0n) is 19.7. The number of likely N-dealkylation sites (N-methyl/N-ethyl adjacent to an activating group) is 1. The molecule has 1 aromatic rings. The monoisotopic (exact) mass is 434 g/mol. The summed E-state index contributed by atoms with van der Waals surface area (Å²) in [4.78, 5) is 30.4. The van der Waals surface area contributed by atoms with Gasteiger partial charge in [0.15, 0.2) is 0 Å². The highest BCUT2D eigenvalue weighted by Gasteiger charge is 2.26. The van der Waals surface area contributed by atoms with Crippen LogP contribution in [0.3, 0.4) is 0 Å². The van der Waals surface area contributed by atoms with E-state index < -0.39 is 6.04 Å². The van der Waals surface area contributed by atoms with E-state index in [1.54, 1.807) is 18.2 Å². The Morgan fingerprint density at radius 2 is 1.58 bits per heavy atom. The van der Waals surface area contributed by atoms with Crippen LogP contribution in [0.2, 0.25) is 0 Å². The van der Waals surface area contributed by atoms with Crippen LogP contribution in [0.1, 0.15) is 31.1 Å². The number of piperazine rings is 1. The van der Waals surface area contributed by atoms with Crippen LogP contribution in [0, 0.1) is 11.8 Å². The van der Waals surface area contributed by atoms with Crippen LogP contribution in [-0.4, -0.2) is 88.2 Å². The molecule has 0 spiro atoms. The Morgan fingerprint density at radius 1 is 1.00 bits per heavy atom. The van der Waals surface area contributed by atoms with Crippen molar-refractivity contribution in [3.63, 3.8) is 0 Å². The third kappa shape index (κ3) is 7.70. The number of benzene rings is 1. The second-order valence-corrected chi connectivity index (χ2v) is 8.75. The number of carbonyl (C=O) groups excluding carboxylic acids is 2. The van der Waals surface area contributed by atoms with Gasteiger partial charge < -0.3 is 29.9 Å². The van der Waals surface area contributed by atoms with Gasteiger partial charge in [-0.05, 0) is 31.0 Å². The van der Waals surface area contributed by atoms with Gasteiger partial charge in [-0.1, -0.05) is 20.8 Å². The van der Waals surface area contributed by atoms with Gasteiger partial charge in [0.2, 0.25) is 5.91 Å². The number of methoxy groups -OCH3 is 2. The Kier molecular flexibility index (Phi) is 9.58. The average Bonchev–Trinajstić information content (AvgIpc) is 2.76. The summed E-state index contributed by atoms with van der Waals surface area (Å²) in [5.74, 6) is 0.823. The van der Waals surface area contributed by atoms with E-state index in [-0.39, 0.29) is 17.7 Å². The molecule has 1 aliphatic heterocycles. The van der Waals surface area contributed by atoms with Crippen molar-refractivity contribution in [2.45, 2.75) is 26.8 Å². The molecule has 2 atom stereocenters. The Hall–Kier alpha value is -2.32. The number of ether oxygens (including phenoxy) is 2. The number of rotatable bonds is 10. The van der Waals surface area contributed by atoms with Crippen molar-refractivity contribution in [3.05, 3.63) is 23.8 Å². The Bertz CT molecular complexity index is 710. The Balaban J connectivity index is 1.92. The van der Waals surface area contributed by atoms with Crippen molar-refractivity contribution in [1.29, 1.82) is 0 Å². The van der Waals surface area contributed by atoms with Gasteiger partial charge in [-0.3, -0.25) is 9.59 Å². The molecule has 1 aromatic carbocycles. The van der Waals surface area contributed by atoms with Gasteiger partial charge in [-0.15, -0.1) is 0 Å². The van der Waals surface area contributed by atoms with E-state index in [1.807, 2.05) is 13.8 Å². The molecular weight excluding hydrogens is 396 g/mol. The lowest BCUT2D eigenvalue weighted by Crippen LogP contribution is -2.51. The second-order valence-electron chi connectivity index (χ2n) is 8.75. The number of hydrogen-bond acceptors (Lipinski definition) is 6. The number of nitrogens with one attached hydrogen (secondary N) is 2. The number of hydrogen-bond donors (Lipinski definition) is 2. The Labute approximate surface area is 186 Å². The van der Waals surface area contributed by atoms with Crippen molar-refractivity contribution in [2.75, 3.05) is 60.5 Å². The van der Waals surface area contributed by atoms with Crippen molar-refractivity contribution < 1.29 is 19.1 Å². The lowest BCUT2D eigenvalue weighted by Gasteiger charge is -2.34. The summed E-state index contributed by atoms with van der Waals surface area (Å²) in [7, 11) is 5.21. The predicted molar refractivity (Wildman–Crippen MR) is 122 cm³/mol. The van der Waals surface area contributed by atoms with Crippen molar-refractivity contribution in [3.8, 4) is 11.5 Å². The van der Waals surface area contributed by atoms with Crippen LogP contribution in [0.5, 0.6) is 11.5 Å². The standard InChI is InChI=1S/C23H38N4O4/c1-16(2)21(25-22(28)18-11-19(30-5)13-20(12-18)31-6)23(29)24-14-17(3)15-27-9-7-26(4)8-10-27/h11-13,16-17,21H,7-10,14-15H2,1-6H3,(H,24,29)(H,25,28)/t17-,21-/m0/s1. The topological polar surface area (TPSA) is 83.1 Å². The highest BCUT2D eigenvalue weighted by atomic mass is 16.5. The molecule has 0 aliphatic carbocycles. The fourth-order valence-corrected chi connectivity index (χ4v) is 3.62. The van der Waals surface area contributed by atoms with Gasteiger partial charge in [0.25, 0.3) is 5.91 Å². The second kappa shape index (κ2) is 11.9. The first kappa shape index (κ1) is 24.9. The SMILES string of the molecule is COc1cc(OC)cc(C(=O)N[C@H](C(=O)NC[C@H](C)CN2CCN(C)CC2)C(C)C)c1. The summed E-state index contributed by atoms with van der Waals surface area (Å²) in [5, 5.41) is 5.89. The fraction of sp³-hybridized carbons (Fsp3) is 0.652. The van der Waals surface area contributed by atoms with Gasteiger partial charge in [-0.2, -0.15) is 0 Å². The minimum atomic E-state index is -0.625. The molecule has 0 aromatic heterocycles. The zero-order valence-corrected chi connectivity index (χ0v) is 19.7. The van der Waals surface area contributed by atoms with Gasteiger partial charge in [-0.25, -0.2) is 0 Å². The summed E-state index contributed by atoms with van der Waals surface area (Å²) in [5.41, 5.74) is 0.387. The molecular formula is C23H38N4O4. The summed E-state index contributed by atoms with van der Waals surface area (Å²) in [6.45, 7) is 11.8. The molecule has 0 radical (unpaired) electrons. The maximum atomic E-state index is 12.8. The molecule has 1 aliphatic rings. The van der Waals surface area contributed by atoms with Crippen LogP contribution in [0.25, 0.3) is 0 Å². The van der Waals surface area contributed by atoms with Gasteiger partial charge in [0.1, 0.15) is 17.5 Å². The first-order valence-corrected chi connectivity index (χ1v) is 11.0. The van der Waals surface area contributed by atoms with E-state index in [1.165, 1.54) is 14.2 Å². The van der Waals surface area contributed by atoms with Crippen molar-refractivity contribution >= 4 is 11.8 Å². The van der Waals surface area contributed by atoms with Gasteiger partial charge in [0, 0.05) is 50.9 Å². The average molecular weight is 435 g/mol. The molecule has 2 rings (SSSR count). The lowest BCUT2D eigenvalue weighted by atomic mass is 10.0. The third-order valence-electron chi connectivity index (χ3n) is 5.64. The molecule has 8 nitrogen and oxygen atoms in total. The molecule has 8 heteroatoms. The fourth-order valence-electron chi connectivity index (χ4n) is 3.62. The van der Waals surface area contributed by atoms with E-state index in [0.717, 1.165) is 32.7 Å². The van der Waals surface area contributed by atoms with Gasteiger partial charge in [0.05, 0.1) is 14.2 Å². The van der Waals surface area contributed by atoms with Crippen LogP contribution in [0.4, 0.5) is 0 Å². The molecule has 0 unspecified atom stereocenters. The van der Waals surface area contributed by atoms with Crippen LogP contribution < -0.4 is 20.1 Å². The van der Waals surface area contributed by atoms with Crippen LogP contribution >= 0.6 is 0 Å². The highest BCUT2D eigenvalue weighted by Crippen LogP contribution is 2.22. The van der Waals surface area contributed by atoms with E-state index >= 15 is 0 Å². The summed E-state index contributed by atoms with van der Waals surface area (Å²) in [6.07, 6.45) is 0. The largest absolute Gasteiger partial charge is 0.497 e. The van der Waals surface area contributed by atoms with E-state index in [2.05, 4.69) is 34.4 Å². The summed E-state index contributed by atoms with van der Waals surface area (Å²) < 4.78 is 10.5. The lowest BCUT2D eigenvalue weighted by molar-refractivity contribution is -0.124. The van der Waals surface area contributed by atoms with Crippen molar-refractivity contribution in [2.24, 2.45) is 11.8 Å². The maximum Gasteiger partial charge on any atom is 0.252 e. The summed E-state index contributed by atoms with van der Waals surface area (Å²) in [6, 6.07) is 4.34. The molecule has 1 heterocycles. The molecule has 1 saturated heterocycles.